The molecule has 0 aliphatic carbocycles. The predicted octanol–water partition coefficient (Wildman–Crippen LogP) is 3.76. The number of unbranched alkanes of at least 4 members (excludes halogenated alkanes) is 8. The average molecular weight is 302 g/mol. The van der Waals surface area contributed by atoms with Gasteiger partial charge in [-0.3, -0.25) is 0 Å². The topological polar surface area (TPSA) is 40.1 Å². The Morgan fingerprint density at radius 1 is 0.762 bits per heavy atom. The molecular formula is C18H39NO2. The first-order chi connectivity index (χ1) is 9.85. The first-order valence-electron chi connectivity index (χ1n) is 8.85. The lowest BCUT2D eigenvalue weighted by Gasteiger charge is -2.30. The number of quaternary nitrogens is 1. The number of carboxylic acid groups (broad SMARTS) is 1. The van der Waals surface area contributed by atoms with Gasteiger partial charge in [0.15, 0.2) is 0 Å². The molecule has 0 aliphatic rings. The molecule has 0 atom stereocenters. The third-order valence-corrected chi connectivity index (χ3v) is 3.73. The summed E-state index contributed by atoms with van der Waals surface area (Å²) in [5.41, 5.74) is 0. The fraction of sp³-hybridized carbons (Fsp3) is 0.944. The van der Waals surface area contributed by atoms with Gasteiger partial charge in [-0.25, -0.2) is 0 Å². The second-order valence-corrected chi connectivity index (χ2v) is 6.70. The van der Waals surface area contributed by atoms with Crippen LogP contribution in [0.5, 0.6) is 0 Å². The van der Waals surface area contributed by atoms with E-state index in [0.717, 1.165) is 6.92 Å². The van der Waals surface area contributed by atoms with Crippen LogP contribution in [0.25, 0.3) is 0 Å². The number of rotatable bonds is 12. The molecule has 0 bridgehead atoms. The molecule has 0 heterocycles. The number of carbonyl (C=O) groups is 1. The molecule has 0 rings (SSSR count). The van der Waals surface area contributed by atoms with E-state index in [1.54, 1.807) is 0 Å². The van der Waals surface area contributed by atoms with E-state index in [1.165, 1.54) is 81.8 Å². The van der Waals surface area contributed by atoms with Gasteiger partial charge in [-0.15, -0.1) is 0 Å². The van der Waals surface area contributed by atoms with Gasteiger partial charge in [0.1, 0.15) is 0 Å². The highest BCUT2D eigenvalue weighted by Crippen LogP contribution is 2.10. The number of carbonyl (C=O) groups excluding carboxylic acids is 1. The van der Waals surface area contributed by atoms with E-state index >= 15 is 0 Å². The first kappa shape index (κ1) is 22.7. The Hall–Kier alpha value is -0.570. The Morgan fingerprint density at radius 2 is 1.05 bits per heavy atom. The summed E-state index contributed by atoms with van der Waals surface area (Å²) in [6.07, 6.45) is 14.1. The summed E-state index contributed by atoms with van der Waals surface area (Å²) in [7, 11) is 4.80. The number of hydrogen-bond acceptors (Lipinski definition) is 2. The summed E-state index contributed by atoms with van der Waals surface area (Å²) in [4.78, 5) is 8.89. The summed E-state index contributed by atoms with van der Waals surface area (Å²) < 4.78 is 1.23. The van der Waals surface area contributed by atoms with Gasteiger partial charge in [0.05, 0.1) is 27.2 Å². The van der Waals surface area contributed by atoms with Crippen molar-refractivity contribution in [1.29, 1.82) is 0 Å². The minimum Gasteiger partial charge on any atom is -0.550 e. The monoisotopic (exact) mass is 301 g/mol. The molecule has 0 saturated carbocycles. The molecule has 0 radical (unpaired) electrons. The maximum atomic E-state index is 8.89. The highest BCUT2D eigenvalue weighted by molar-refractivity contribution is 5.60. The SMILES string of the molecule is CC(=O)[O-].CCCCCCC[N+](C)(C)CCCCCCC. The molecule has 0 aromatic rings. The van der Waals surface area contributed by atoms with Gasteiger partial charge in [-0.05, 0) is 32.6 Å². The maximum absolute atomic E-state index is 8.89. The third-order valence-electron chi connectivity index (χ3n) is 3.73. The first-order valence-corrected chi connectivity index (χ1v) is 8.85. The third kappa shape index (κ3) is 24.8. The molecule has 128 valence electrons. The van der Waals surface area contributed by atoms with E-state index in [0.29, 0.717) is 0 Å². The lowest BCUT2D eigenvalue weighted by atomic mass is 10.1. The van der Waals surface area contributed by atoms with Crippen LogP contribution in [0.1, 0.15) is 85.0 Å². The summed E-state index contributed by atoms with van der Waals surface area (Å²) in [5.74, 6) is -1.08. The van der Waals surface area contributed by atoms with Crippen molar-refractivity contribution >= 4 is 5.97 Å². The zero-order valence-corrected chi connectivity index (χ0v) is 15.2. The van der Waals surface area contributed by atoms with Crippen LogP contribution in [-0.2, 0) is 4.79 Å². The Kier molecular flexibility index (Phi) is 17.1. The maximum Gasteiger partial charge on any atom is 0.0782 e. The van der Waals surface area contributed by atoms with Gasteiger partial charge < -0.3 is 14.4 Å². The van der Waals surface area contributed by atoms with E-state index < -0.39 is 5.97 Å². The zero-order chi connectivity index (χ0) is 16.6. The van der Waals surface area contributed by atoms with Crippen molar-refractivity contribution < 1.29 is 14.4 Å². The molecule has 0 amide bonds. The molecule has 0 aromatic heterocycles. The molecule has 0 N–H and O–H groups in total. The van der Waals surface area contributed by atoms with E-state index in [9.17, 15) is 0 Å². The fourth-order valence-electron chi connectivity index (χ4n) is 2.40. The smallest absolute Gasteiger partial charge is 0.0782 e. The Morgan fingerprint density at radius 3 is 1.33 bits per heavy atom. The van der Waals surface area contributed by atoms with Crippen LogP contribution < -0.4 is 5.11 Å². The van der Waals surface area contributed by atoms with Crippen LogP contribution in [0.2, 0.25) is 0 Å². The molecule has 0 aromatic carbocycles. The molecule has 0 aliphatic heterocycles. The second-order valence-electron chi connectivity index (χ2n) is 6.70. The normalized spacial score (nSPS) is 10.9. The van der Waals surface area contributed by atoms with Crippen LogP contribution in [0.4, 0.5) is 0 Å². The fourth-order valence-corrected chi connectivity index (χ4v) is 2.40. The predicted molar refractivity (Wildman–Crippen MR) is 90.0 cm³/mol. The largest absolute Gasteiger partial charge is 0.550 e. The Bertz CT molecular complexity index is 207. The quantitative estimate of drug-likeness (QED) is 0.407. The molecule has 0 unspecified atom stereocenters. The van der Waals surface area contributed by atoms with Crippen molar-refractivity contribution in [2.45, 2.75) is 85.0 Å². The zero-order valence-electron chi connectivity index (χ0n) is 15.2. The number of nitrogens with zero attached hydrogens (tertiary/aromatic N) is 1. The van der Waals surface area contributed by atoms with Gasteiger partial charge in [0.2, 0.25) is 0 Å². The number of hydrogen-bond donors (Lipinski definition) is 0. The van der Waals surface area contributed by atoms with Crippen molar-refractivity contribution in [2.24, 2.45) is 0 Å². The summed E-state index contributed by atoms with van der Waals surface area (Å²) in [6.45, 7) is 8.29. The minimum absolute atomic E-state index is 0.972. The molecule has 3 heteroatoms. The van der Waals surface area contributed by atoms with Gasteiger partial charge in [0.25, 0.3) is 0 Å². The Labute approximate surface area is 133 Å². The van der Waals surface area contributed by atoms with Crippen molar-refractivity contribution in [3.05, 3.63) is 0 Å². The van der Waals surface area contributed by atoms with Crippen molar-refractivity contribution in [3.63, 3.8) is 0 Å². The van der Waals surface area contributed by atoms with E-state index in [4.69, 9.17) is 9.90 Å². The number of aliphatic carboxylic acids is 1. The minimum atomic E-state index is -1.08. The highest BCUT2D eigenvalue weighted by atomic mass is 16.4. The van der Waals surface area contributed by atoms with Crippen LogP contribution in [-0.4, -0.2) is 37.6 Å². The van der Waals surface area contributed by atoms with Crippen LogP contribution in [0.15, 0.2) is 0 Å². The molecular weight excluding hydrogens is 262 g/mol. The van der Waals surface area contributed by atoms with E-state index in [1.807, 2.05) is 0 Å². The van der Waals surface area contributed by atoms with Gasteiger partial charge >= 0.3 is 0 Å². The molecule has 21 heavy (non-hydrogen) atoms. The van der Waals surface area contributed by atoms with Crippen molar-refractivity contribution in [2.75, 3.05) is 27.2 Å². The van der Waals surface area contributed by atoms with Crippen LogP contribution in [0.3, 0.4) is 0 Å². The molecule has 3 nitrogen and oxygen atoms in total. The average Bonchev–Trinajstić information content (AvgIpc) is 2.37. The molecule has 0 fully saturated rings. The Balaban J connectivity index is 0. The second kappa shape index (κ2) is 15.8. The van der Waals surface area contributed by atoms with E-state index in [2.05, 4.69) is 27.9 Å². The van der Waals surface area contributed by atoms with Gasteiger partial charge in [0, 0.05) is 5.97 Å². The lowest BCUT2D eigenvalue weighted by molar-refractivity contribution is -0.890. The summed E-state index contributed by atoms with van der Waals surface area (Å²) in [5, 5.41) is 8.89. The van der Waals surface area contributed by atoms with E-state index in [-0.39, 0.29) is 0 Å². The van der Waals surface area contributed by atoms with Crippen LogP contribution in [0, 0.1) is 0 Å². The lowest BCUT2D eigenvalue weighted by Crippen LogP contribution is -2.41. The highest BCUT2D eigenvalue weighted by Gasteiger charge is 2.13. The summed E-state index contributed by atoms with van der Waals surface area (Å²) >= 11 is 0. The molecule has 0 spiro atoms. The van der Waals surface area contributed by atoms with Crippen LogP contribution >= 0.6 is 0 Å². The van der Waals surface area contributed by atoms with Crippen molar-refractivity contribution in [1.82, 2.24) is 0 Å². The standard InChI is InChI=1S/C16H36N.C2H4O2/c1-5-7-9-11-13-15-17(3,4)16-14-12-10-8-6-2;1-2(3)4/h5-16H2,1-4H3;1H3,(H,3,4)/q+1;/p-1. The van der Waals surface area contributed by atoms with Gasteiger partial charge in [-0.1, -0.05) is 52.4 Å². The summed E-state index contributed by atoms with van der Waals surface area (Å²) in [6, 6.07) is 0. The van der Waals surface area contributed by atoms with Gasteiger partial charge in [-0.2, -0.15) is 0 Å². The number of carboxylic acids is 1. The van der Waals surface area contributed by atoms with Crippen molar-refractivity contribution in [3.8, 4) is 0 Å². The molecule has 0 saturated heterocycles.